The predicted octanol–water partition coefficient (Wildman–Crippen LogP) is 3.21. The molecule has 1 aliphatic rings. The number of aromatic nitrogens is 1. The molecule has 4 rings (SSSR count). The molecule has 2 heterocycles. The van der Waals surface area contributed by atoms with Crippen molar-refractivity contribution in [2.75, 3.05) is 19.6 Å². The van der Waals surface area contributed by atoms with Crippen molar-refractivity contribution in [1.82, 2.24) is 14.6 Å². The summed E-state index contributed by atoms with van der Waals surface area (Å²) in [4.78, 5) is 15.7. The van der Waals surface area contributed by atoms with Gasteiger partial charge in [-0.3, -0.25) is 4.79 Å². The summed E-state index contributed by atoms with van der Waals surface area (Å²) in [5.41, 5.74) is 1.73. The van der Waals surface area contributed by atoms with E-state index in [1.807, 2.05) is 0 Å². The van der Waals surface area contributed by atoms with Crippen LogP contribution in [-0.2, 0) is 21.2 Å². The quantitative estimate of drug-likeness (QED) is 0.609. The van der Waals surface area contributed by atoms with Gasteiger partial charge < -0.3 is 10.3 Å². The predicted molar refractivity (Wildman–Crippen MR) is 113 cm³/mol. The molecule has 164 valence electrons. The van der Waals surface area contributed by atoms with Crippen LogP contribution in [0.3, 0.4) is 0 Å². The molecule has 0 bridgehead atoms. The maximum Gasteiger partial charge on any atom is 0.243 e. The van der Waals surface area contributed by atoms with Gasteiger partial charge >= 0.3 is 0 Å². The Labute approximate surface area is 179 Å². The van der Waals surface area contributed by atoms with Crippen molar-refractivity contribution in [2.24, 2.45) is 5.92 Å². The first-order valence-electron chi connectivity index (χ1n) is 10.1. The number of benzene rings is 2. The highest BCUT2D eigenvalue weighted by atomic mass is 32.2. The van der Waals surface area contributed by atoms with Gasteiger partial charge in [-0.25, -0.2) is 17.2 Å². The third-order valence-corrected chi connectivity index (χ3v) is 7.51. The Morgan fingerprint density at radius 1 is 1.13 bits per heavy atom. The molecule has 2 N–H and O–H groups in total. The van der Waals surface area contributed by atoms with Crippen LogP contribution in [0, 0.1) is 17.6 Å². The van der Waals surface area contributed by atoms with Gasteiger partial charge in [0.05, 0.1) is 10.8 Å². The van der Waals surface area contributed by atoms with Crippen LogP contribution >= 0.6 is 0 Å². The van der Waals surface area contributed by atoms with Crippen molar-refractivity contribution in [2.45, 2.75) is 24.2 Å². The molecule has 1 aromatic heterocycles. The lowest BCUT2D eigenvalue weighted by atomic mass is 9.98. The molecule has 0 spiro atoms. The first kappa shape index (κ1) is 21.5. The van der Waals surface area contributed by atoms with E-state index in [0.29, 0.717) is 32.4 Å². The number of nitrogens with one attached hydrogen (secondary N) is 2. The lowest BCUT2D eigenvalue weighted by molar-refractivity contribution is -0.126. The molecule has 31 heavy (non-hydrogen) atoms. The molecule has 2 aromatic carbocycles. The van der Waals surface area contributed by atoms with Gasteiger partial charge in [-0.15, -0.1) is 0 Å². The van der Waals surface area contributed by atoms with E-state index < -0.39 is 21.8 Å². The first-order valence-corrected chi connectivity index (χ1v) is 11.6. The van der Waals surface area contributed by atoms with Crippen molar-refractivity contribution in [3.63, 3.8) is 0 Å². The zero-order valence-electron chi connectivity index (χ0n) is 16.8. The van der Waals surface area contributed by atoms with Crippen molar-refractivity contribution < 1.29 is 22.0 Å². The highest BCUT2D eigenvalue weighted by Crippen LogP contribution is 2.24. The standard InChI is InChI=1S/C22H23F2N3O3S/c23-17-3-6-19(7-4-17)31(29,30)27-11-1-2-16(14-27)22(28)25-10-9-15-13-26-21-8-5-18(24)12-20(15)21/h3-8,12-13,16,26H,1-2,9-11,14H2,(H,25,28)/t16-/m1/s1. The van der Waals surface area contributed by atoms with Gasteiger partial charge in [-0.2, -0.15) is 4.31 Å². The van der Waals surface area contributed by atoms with Crippen LogP contribution in [0.4, 0.5) is 8.78 Å². The van der Waals surface area contributed by atoms with Crippen LogP contribution in [0.5, 0.6) is 0 Å². The van der Waals surface area contributed by atoms with Gasteiger partial charge in [-0.05, 0) is 67.3 Å². The second-order valence-corrected chi connectivity index (χ2v) is 9.64. The van der Waals surface area contributed by atoms with E-state index in [4.69, 9.17) is 0 Å². The first-order chi connectivity index (χ1) is 14.8. The average Bonchev–Trinajstić information content (AvgIpc) is 3.16. The minimum Gasteiger partial charge on any atom is -0.361 e. The lowest BCUT2D eigenvalue weighted by Gasteiger charge is -2.31. The molecular formula is C22H23F2N3O3S. The van der Waals surface area contributed by atoms with Gasteiger partial charge in [0.2, 0.25) is 15.9 Å². The number of carbonyl (C=O) groups is 1. The number of H-pyrrole nitrogens is 1. The number of rotatable bonds is 6. The molecular weight excluding hydrogens is 424 g/mol. The van der Waals surface area contributed by atoms with E-state index in [1.54, 1.807) is 12.3 Å². The molecule has 0 radical (unpaired) electrons. The molecule has 1 aliphatic heterocycles. The number of hydrogen-bond acceptors (Lipinski definition) is 3. The highest BCUT2D eigenvalue weighted by Gasteiger charge is 2.33. The normalized spacial score (nSPS) is 17.7. The molecule has 0 aliphatic carbocycles. The molecule has 1 fully saturated rings. The van der Waals surface area contributed by atoms with Crippen LogP contribution in [0.2, 0.25) is 0 Å². The van der Waals surface area contributed by atoms with Crippen LogP contribution in [-0.4, -0.2) is 43.2 Å². The molecule has 1 saturated heterocycles. The molecule has 6 nitrogen and oxygen atoms in total. The van der Waals surface area contributed by atoms with E-state index in [1.165, 1.54) is 28.6 Å². The smallest absolute Gasteiger partial charge is 0.243 e. The van der Waals surface area contributed by atoms with Crippen molar-refractivity contribution in [3.05, 3.63) is 65.9 Å². The molecule has 0 saturated carbocycles. The van der Waals surface area contributed by atoms with Crippen molar-refractivity contribution in [3.8, 4) is 0 Å². The Kier molecular flexibility index (Phi) is 6.06. The Balaban J connectivity index is 1.36. The molecule has 3 aromatic rings. The maximum atomic E-state index is 13.5. The second-order valence-electron chi connectivity index (χ2n) is 7.70. The summed E-state index contributed by atoms with van der Waals surface area (Å²) >= 11 is 0. The third kappa shape index (κ3) is 4.62. The SMILES string of the molecule is O=C(NCCc1c[nH]c2ccc(F)cc12)[C@@H]1CCCN(S(=O)(=O)c2ccc(F)cc2)C1. The van der Waals surface area contributed by atoms with Gasteiger partial charge in [0, 0.05) is 36.7 Å². The van der Waals surface area contributed by atoms with Crippen molar-refractivity contribution in [1.29, 1.82) is 0 Å². The topological polar surface area (TPSA) is 82.3 Å². The number of halogens is 2. The Bertz CT molecular complexity index is 1190. The summed E-state index contributed by atoms with van der Waals surface area (Å²) in [6.45, 7) is 0.776. The summed E-state index contributed by atoms with van der Waals surface area (Å²) in [6.07, 6.45) is 3.49. The fraction of sp³-hybridized carbons (Fsp3) is 0.318. The zero-order chi connectivity index (χ0) is 22.0. The number of carbonyl (C=O) groups excluding carboxylic acids is 1. The number of hydrogen-bond donors (Lipinski definition) is 2. The minimum atomic E-state index is -3.78. The molecule has 9 heteroatoms. The summed E-state index contributed by atoms with van der Waals surface area (Å²) in [7, 11) is -3.78. The van der Waals surface area contributed by atoms with E-state index in [0.717, 1.165) is 28.6 Å². The number of amides is 1. The van der Waals surface area contributed by atoms with Gasteiger partial charge in [0.15, 0.2) is 0 Å². The number of sulfonamides is 1. The van der Waals surface area contributed by atoms with Crippen LogP contribution in [0.25, 0.3) is 10.9 Å². The van der Waals surface area contributed by atoms with Gasteiger partial charge in [-0.1, -0.05) is 0 Å². The van der Waals surface area contributed by atoms with Crippen LogP contribution in [0.15, 0.2) is 53.6 Å². The van der Waals surface area contributed by atoms with E-state index in [-0.39, 0.29) is 23.2 Å². The highest BCUT2D eigenvalue weighted by molar-refractivity contribution is 7.89. The van der Waals surface area contributed by atoms with Crippen LogP contribution in [0.1, 0.15) is 18.4 Å². The number of nitrogens with zero attached hydrogens (tertiary/aromatic N) is 1. The summed E-state index contributed by atoms with van der Waals surface area (Å²) in [5.74, 6) is -1.48. The second kappa shape index (κ2) is 8.76. The van der Waals surface area contributed by atoms with E-state index >= 15 is 0 Å². The molecule has 1 amide bonds. The fourth-order valence-electron chi connectivity index (χ4n) is 3.95. The lowest BCUT2D eigenvalue weighted by Crippen LogP contribution is -2.45. The van der Waals surface area contributed by atoms with Gasteiger partial charge in [0.25, 0.3) is 0 Å². The largest absolute Gasteiger partial charge is 0.361 e. The fourth-order valence-corrected chi connectivity index (χ4v) is 5.48. The Morgan fingerprint density at radius 2 is 1.87 bits per heavy atom. The summed E-state index contributed by atoms with van der Waals surface area (Å²) in [6, 6.07) is 9.21. The Morgan fingerprint density at radius 3 is 2.65 bits per heavy atom. The van der Waals surface area contributed by atoms with Crippen LogP contribution < -0.4 is 5.32 Å². The van der Waals surface area contributed by atoms with E-state index in [2.05, 4.69) is 10.3 Å². The zero-order valence-corrected chi connectivity index (χ0v) is 17.6. The van der Waals surface area contributed by atoms with E-state index in [9.17, 15) is 22.0 Å². The summed E-state index contributed by atoms with van der Waals surface area (Å²) < 4.78 is 53.6. The Hall–Kier alpha value is -2.78. The van der Waals surface area contributed by atoms with Crippen molar-refractivity contribution >= 4 is 26.8 Å². The summed E-state index contributed by atoms with van der Waals surface area (Å²) in [5, 5.41) is 3.65. The molecule has 0 unspecified atom stereocenters. The average molecular weight is 448 g/mol. The number of aromatic amines is 1. The monoisotopic (exact) mass is 447 g/mol. The number of fused-ring (bicyclic) bond motifs is 1. The van der Waals surface area contributed by atoms with Gasteiger partial charge in [0.1, 0.15) is 11.6 Å². The maximum absolute atomic E-state index is 13.5. The molecule has 1 atom stereocenters. The third-order valence-electron chi connectivity index (χ3n) is 5.63. The number of piperidine rings is 1. The minimum absolute atomic E-state index is 0.0153.